The monoisotopic (exact) mass is 257 g/mol. The first kappa shape index (κ1) is 12.5. The van der Waals surface area contributed by atoms with E-state index in [4.69, 9.17) is 9.47 Å². The summed E-state index contributed by atoms with van der Waals surface area (Å²) < 4.78 is 11.9. The van der Waals surface area contributed by atoms with E-state index in [2.05, 4.69) is 26.0 Å². The lowest BCUT2D eigenvalue weighted by molar-refractivity contribution is -0.0126. The molecule has 0 N–H and O–H groups in total. The molecule has 1 fully saturated rings. The summed E-state index contributed by atoms with van der Waals surface area (Å²) in [7, 11) is 0. The van der Waals surface area contributed by atoms with Gasteiger partial charge < -0.3 is 9.47 Å². The second kappa shape index (κ2) is 4.54. The lowest BCUT2D eigenvalue weighted by Gasteiger charge is -2.29. The van der Waals surface area contributed by atoms with E-state index in [0.717, 1.165) is 37.2 Å². The zero-order valence-corrected chi connectivity index (χ0v) is 11.5. The molecule has 100 valence electrons. The molecule has 0 saturated carbocycles. The van der Waals surface area contributed by atoms with Gasteiger partial charge in [-0.25, -0.2) is 0 Å². The minimum Gasteiger partial charge on any atom is -0.487 e. The van der Waals surface area contributed by atoms with Gasteiger partial charge in [-0.2, -0.15) is 5.26 Å². The number of para-hydroxylation sites is 1. The standard InChI is InChI=1S/C16H19NO2/c1-16(2)9-11-5-3-7-13(15(11)19-16)14-12(10-17)6-4-8-18-14/h3,5,7,12,14H,4,6,8-9H2,1-2H3. The molecule has 0 aliphatic carbocycles. The molecule has 2 atom stereocenters. The Morgan fingerprint density at radius 2 is 2.21 bits per heavy atom. The van der Waals surface area contributed by atoms with Gasteiger partial charge in [0.2, 0.25) is 0 Å². The van der Waals surface area contributed by atoms with Crippen molar-refractivity contribution in [1.29, 1.82) is 5.26 Å². The summed E-state index contributed by atoms with van der Waals surface area (Å²) in [5.41, 5.74) is 2.12. The molecule has 1 saturated heterocycles. The van der Waals surface area contributed by atoms with Gasteiger partial charge in [0.1, 0.15) is 17.5 Å². The second-order valence-electron chi connectivity index (χ2n) is 6.04. The highest BCUT2D eigenvalue weighted by Gasteiger charge is 2.36. The fraction of sp³-hybridized carbons (Fsp3) is 0.562. The summed E-state index contributed by atoms with van der Waals surface area (Å²) in [6, 6.07) is 8.58. The van der Waals surface area contributed by atoms with E-state index in [1.165, 1.54) is 5.56 Å². The highest BCUT2D eigenvalue weighted by molar-refractivity contribution is 5.47. The third-order valence-electron chi connectivity index (χ3n) is 3.92. The van der Waals surface area contributed by atoms with Gasteiger partial charge in [0.15, 0.2) is 0 Å². The van der Waals surface area contributed by atoms with Crippen LogP contribution in [-0.2, 0) is 11.2 Å². The Morgan fingerprint density at radius 1 is 1.37 bits per heavy atom. The topological polar surface area (TPSA) is 42.2 Å². The number of nitriles is 1. The van der Waals surface area contributed by atoms with E-state index in [1.807, 2.05) is 12.1 Å². The maximum atomic E-state index is 9.30. The molecule has 0 radical (unpaired) electrons. The van der Waals surface area contributed by atoms with Crippen LogP contribution in [0.3, 0.4) is 0 Å². The van der Waals surface area contributed by atoms with Crippen LogP contribution >= 0.6 is 0 Å². The molecule has 19 heavy (non-hydrogen) atoms. The molecule has 3 rings (SSSR count). The van der Waals surface area contributed by atoms with Crippen molar-refractivity contribution < 1.29 is 9.47 Å². The Hall–Kier alpha value is -1.53. The smallest absolute Gasteiger partial charge is 0.129 e. The van der Waals surface area contributed by atoms with Gasteiger partial charge >= 0.3 is 0 Å². The van der Waals surface area contributed by atoms with Crippen molar-refractivity contribution in [2.24, 2.45) is 5.92 Å². The minimum atomic E-state index is -0.157. The van der Waals surface area contributed by atoms with Crippen molar-refractivity contribution in [2.75, 3.05) is 6.61 Å². The molecule has 2 heterocycles. The van der Waals surface area contributed by atoms with Crippen LogP contribution in [0.2, 0.25) is 0 Å². The van der Waals surface area contributed by atoms with Gasteiger partial charge in [0.25, 0.3) is 0 Å². The van der Waals surface area contributed by atoms with Crippen LogP contribution in [0, 0.1) is 17.2 Å². The van der Waals surface area contributed by atoms with Crippen LogP contribution in [0.4, 0.5) is 0 Å². The Bertz CT molecular complexity index is 530. The summed E-state index contributed by atoms with van der Waals surface area (Å²) in [5.74, 6) is 0.882. The van der Waals surface area contributed by atoms with E-state index in [1.54, 1.807) is 0 Å². The van der Waals surface area contributed by atoms with Crippen LogP contribution in [-0.4, -0.2) is 12.2 Å². The van der Waals surface area contributed by atoms with Gasteiger partial charge in [-0.15, -0.1) is 0 Å². The maximum Gasteiger partial charge on any atom is 0.129 e. The van der Waals surface area contributed by atoms with Crippen LogP contribution in [0.1, 0.15) is 43.9 Å². The van der Waals surface area contributed by atoms with Crippen LogP contribution in [0.25, 0.3) is 0 Å². The van der Waals surface area contributed by atoms with Crippen molar-refractivity contribution >= 4 is 0 Å². The molecule has 0 aromatic heterocycles. The summed E-state index contributed by atoms with van der Waals surface area (Å²) in [5, 5.41) is 9.30. The first-order valence-electron chi connectivity index (χ1n) is 6.93. The normalized spacial score (nSPS) is 28.3. The molecule has 0 amide bonds. The third-order valence-corrected chi connectivity index (χ3v) is 3.92. The molecule has 3 heteroatoms. The molecular weight excluding hydrogens is 238 g/mol. The summed E-state index contributed by atoms with van der Waals surface area (Å²) in [6.07, 6.45) is 2.66. The molecule has 2 aliphatic heterocycles. The molecule has 1 aromatic rings. The van der Waals surface area contributed by atoms with Gasteiger partial charge in [-0.3, -0.25) is 0 Å². The van der Waals surface area contributed by atoms with Crippen LogP contribution in [0.15, 0.2) is 18.2 Å². The van der Waals surface area contributed by atoms with E-state index in [0.29, 0.717) is 0 Å². The number of ether oxygens (including phenoxy) is 2. The van der Waals surface area contributed by atoms with E-state index < -0.39 is 0 Å². The number of benzene rings is 1. The Kier molecular flexibility index (Phi) is 2.99. The predicted molar refractivity (Wildman–Crippen MR) is 71.9 cm³/mol. The highest BCUT2D eigenvalue weighted by Crippen LogP contribution is 2.44. The van der Waals surface area contributed by atoms with Gasteiger partial charge in [-0.1, -0.05) is 18.2 Å². The second-order valence-corrected chi connectivity index (χ2v) is 6.04. The summed E-state index contributed by atoms with van der Waals surface area (Å²) in [6.45, 7) is 4.93. The maximum absolute atomic E-state index is 9.30. The molecular formula is C16H19NO2. The van der Waals surface area contributed by atoms with Gasteiger partial charge in [0, 0.05) is 18.6 Å². The number of hydrogen-bond acceptors (Lipinski definition) is 3. The fourth-order valence-corrected chi connectivity index (χ4v) is 3.08. The molecule has 3 nitrogen and oxygen atoms in total. The molecule has 1 aromatic carbocycles. The minimum absolute atomic E-state index is 0.0624. The Balaban J connectivity index is 1.99. The lowest BCUT2D eigenvalue weighted by atomic mass is 9.89. The largest absolute Gasteiger partial charge is 0.487 e. The predicted octanol–water partition coefficient (Wildman–Crippen LogP) is 3.39. The van der Waals surface area contributed by atoms with E-state index >= 15 is 0 Å². The van der Waals surface area contributed by atoms with Crippen molar-refractivity contribution in [3.05, 3.63) is 29.3 Å². The zero-order valence-electron chi connectivity index (χ0n) is 11.5. The third kappa shape index (κ3) is 2.21. The number of fused-ring (bicyclic) bond motifs is 1. The summed E-state index contributed by atoms with van der Waals surface area (Å²) >= 11 is 0. The van der Waals surface area contributed by atoms with Crippen molar-refractivity contribution in [3.63, 3.8) is 0 Å². The van der Waals surface area contributed by atoms with Crippen LogP contribution in [0.5, 0.6) is 5.75 Å². The number of rotatable bonds is 1. The van der Waals surface area contributed by atoms with Crippen molar-refractivity contribution in [3.8, 4) is 11.8 Å². The molecule has 0 bridgehead atoms. The average Bonchev–Trinajstić information content (AvgIpc) is 2.72. The quantitative estimate of drug-likeness (QED) is 0.774. The summed E-state index contributed by atoms with van der Waals surface area (Å²) in [4.78, 5) is 0. The van der Waals surface area contributed by atoms with Crippen LogP contribution < -0.4 is 4.74 Å². The zero-order chi connectivity index (χ0) is 13.5. The molecule has 2 aliphatic rings. The van der Waals surface area contributed by atoms with Crippen molar-refractivity contribution in [2.45, 2.75) is 44.8 Å². The average molecular weight is 257 g/mol. The lowest BCUT2D eigenvalue weighted by Crippen LogP contribution is -2.26. The van der Waals surface area contributed by atoms with E-state index in [-0.39, 0.29) is 17.6 Å². The Labute approximate surface area is 114 Å². The fourth-order valence-electron chi connectivity index (χ4n) is 3.08. The van der Waals surface area contributed by atoms with Gasteiger partial charge in [-0.05, 0) is 32.3 Å². The first-order valence-corrected chi connectivity index (χ1v) is 6.93. The van der Waals surface area contributed by atoms with Gasteiger partial charge in [0.05, 0.1) is 12.0 Å². The SMILES string of the molecule is CC1(C)Cc2cccc(C3OCCCC3C#N)c2O1. The van der Waals surface area contributed by atoms with E-state index in [9.17, 15) is 5.26 Å². The molecule has 2 unspecified atom stereocenters. The first-order chi connectivity index (χ1) is 9.11. The number of nitrogens with zero attached hydrogens (tertiary/aromatic N) is 1. The molecule has 0 spiro atoms. The van der Waals surface area contributed by atoms with Crippen molar-refractivity contribution in [1.82, 2.24) is 0 Å². The number of hydrogen-bond donors (Lipinski definition) is 0. The Morgan fingerprint density at radius 3 is 3.00 bits per heavy atom. The highest BCUT2D eigenvalue weighted by atomic mass is 16.5.